The summed E-state index contributed by atoms with van der Waals surface area (Å²) in [6.45, 7) is 2.90. The van der Waals surface area contributed by atoms with E-state index in [1.807, 2.05) is 10.8 Å². The normalized spacial score (nSPS) is 17.7. The number of H-pyrrole nitrogens is 1. The first-order valence-corrected chi connectivity index (χ1v) is 7.01. The zero-order valence-corrected chi connectivity index (χ0v) is 11.4. The number of nitrogens with zero attached hydrogens (tertiary/aromatic N) is 1. The minimum atomic E-state index is -0.00149. The fourth-order valence-corrected chi connectivity index (χ4v) is 3.30. The van der Waals surface area contributed by atoms with E-state index in [1.165, 1.54) is 36.8 Å². The van der Waals surface area contributed by atoms with Crippen LogP contribution in [0.5, 0.6) is 0 Å². The zero-order chi connectivity index (χ0) is 13.3. The summed E-state index contributed by atoms with van der Waals surface area (Å²) in [5.41, 5.74) is 2.80. The molecule has 1 saturated carbocycles. The lowest BCUT2D eigenvalue weighted by Crippen LogP contribution is -2.32. The van der Waals surface area contributed by atoms with E-state index in [1.54, 1.807) is 6.20 Å². The first kappa shape index (κ1) is 12.3. The van der Waals surface area contributed by atoms with Gasteiger partial charge in [0, 0.05) is 24.4 Å². The summed E-state index contributed by atoms with van der Waals surface area (Å²) in [7, 11) is 0. The fraction of sp³-hybridized carbons (Fsp3) is 0.438. The molecule has 0 unspecified atom stereocenters. The Labute approximate surface area is 113 Å². The molecule has 1 aromatic carbocycles. The van der Waals surface area contributed by atoms with Crippen LogP contribution in [-0.2, 0) is 12.0 Å². The third-order valence-electron chi connectivity index (χ3n) is 4.42. The molecule has 0 spiro atoms. The molecule has 0 radical (unpaired) electrons. The molecule has 19 heavy (non-hydrogen) atoms. The molecular formula is C16H20N2O. The second kappa shape index (κ2) is 4.72. The number of nitrogens with one attached hydrogen (secondary N) is 1. The molecular weight excluding hydrogens is 236 g/mol. The Balaban J connectivity index is 1.97. The molecule has 0 aliphatic heterocycles. The number of aryl methyl sites for hydroxylation is 1. The second-order valence-electron chi connectivity index (χ2n) is 5.75. The van der Waals surface area contributed by atoms with Crippen LogP contribution in [0.25, 0.3) is 0 Å². The molecule has 1 fully saturated rings. The van der Waals surface area contributed by atoms with Gasteiger partial charge in [-0.05, 0) is 25.3 Å². The van der Waals surface area contributed by atoms with Gasteiger partial charge in [-0.25, -0.2) is 4.79 Å². The Morgan fingerprint density at radius 2 is 1.89 bits per heavy atom. The quantitative estimate of drug-likeness (QED) is 0.900. The summed E-state index contributed by atoms with van der Waals surface area (Å²) in [6.07, 6.45) is 8.44. The highest BCUT2D eigenvalue weighted by Crippen LogP contribution is 2.42. The number of rotatable bonds is 3. The third kappa shape index (κ3) is 2.25. The molecule has 1 heterocycles. The molecule has 3 rings (SSSR count). The Hall–Kier alpha value is -1.77. The summed E-state index contributed by atoms with van der Waals surface area (Å²) in [4.78, 5) is 14.5. The van der Waals surface area contributed by atoms with Gasteiger partial charge >= 0.3 is 5.69 Å². The molecule has 1 aromatic heterocycles. The van der Waals surface area contributed by atoms with Gasteiger partial charge in [-0.3, -0.25) is 4.57 Å². The van der Waals surface area contributed by atoms with Crippen molar-refractivity contribution in [3.63, 3.8) is 0 Å². The van der Waals surface area contributed by atoms with Crippen molar-refractivity contribution in [3.8, 4) is 0 Å². The Morgan fingerprint density at radius 3 is 2.47 bits per heavy atom. The van der Waals surface area contributed by atoms with Crippen molar-refractivity contribution >= 4 is 0 Å². The largest absolute Gasteiger partial charge is 0.325 e. The van der Waals surface area contributed by atoms with Gasteiger partial charge in [0.1, 0.15) is 0 Å². The number of hydrogen-bond acceptors (Lipinski definition) is 1. The average molecular weight is 256 g/mol. The highest BCUT2D eigenvalue weighted by atomic mass is 16.1. The van der Waals surface area contributed by atoms with Crippen LogP contribution in [0.4, 0.5) is 0 Å². The molecule has 3 nitrogen and oxygen atoms in total. The molecule has 0 amide bonds. The molecule has 1 aliphatic rings. The van der Waals surface area contributed by atoms with Crippen LogP contribution in [0, 0.1) is 6.92 Å². The van der Waals surface area contributed by atoms with Gasteiger partial charge in [-0.1, -0.05) is 42.7 Å². The summed E-state index contributed by atoms with van der Waals surface area (Å²) in [6, 6.07) is 8.82. The van der Waals surface area contributed by atoms with Crippen molar-refractivity contribution in [2.75, 3.05) is 0 Å². The van der Waals surface area contributed by atoms with Crippen LogP contribution in [0.15, 0.2) is 41.5 Å². The maximum atomic E-state index is 11.7. The topological polar surface area (TPSA) is 37.8 Å². The molecule has 100 valence electrons. The van der Waals surface area contributed by atoms with Crippen LogP contribution in [0.3, 0.4) is 0 Å². The van der Waals surface area contributed by atoms with Crippen LogP contribution in [0.1, 0.15) is 36.8 Å². The van der Waals surface area contributed by atoms with E-state index in [-0.39, 0.29) is 11.1 Å². The standard InChI is InChI=1S/C16H20N2O/c1-13-4-6-14(7-5-13)16(8-2-3-9-16)12-18-11-10-17-15(18)19/h4-7,10-11H,2-3,8-9,12H2,1H3,(H,17,19). The molecule has 0 bridgehead atoms. The SMILES string of the molecule is Cc1ccc(C2(Cn3cc[nH]c3=O)CCCC2)cc1. The predicted molar refractivity (Wildman–Crippen MR) is 76.4 cm³/mol. The maximum Gasteiger partial charge on any atom is 0.325 e. The monoisotopic (exact) mass is 256 g/mol. The lowest BCUT2D eigenvalue weighted by molar-refractivity contribution is 0.366. The van der Waals surface area contributed by atoms with E-state index >= 15 is 0 Å². The molecule has 2 aromatic rings. The van der Waals surface area contributed by atoms with Crippen LogP contribution in [-0.4, -0.2) is 9.55 Å². The van der Waals surface area contributed by atoms with Crippen LogP contribution < -0.4 is 5.69 Å². The minimum absolute atomic E-state index is 0.00149. The van der Waals surface area contributed by atoms with Crippen molar-refractivity contribution in [3.05, 3.63) is 58.3 Å². The van der Waals surface area contributed by atoms with Gasteiger partial charge in [-0.15, -0.1) is 0 Å². The zero-order valence-electron chi connectivity index (χ0n) is 11.4. The predicted octanol–water partition coefficient (Wildman–Crippen LogP) is 3.00. The van der Waals surface area contributed by atoms with Crippen molar-refractivity contribution < 1.29 is 0 Å². The van der Waals surface area contributed by atoms with Gasteiger partial charge in [0.05, 0.1) is 0 Å². The van der Waals surface area contributed by atoms with Crippen LogP contribution in [0.2, 0.25) is 0 Å². The second-order valence-corrected chi connectivity index (χ2v) is 5.75. The third-order valence-corrected chi connectivity index (χ3v) is 4.42. The Kier molecular flexibility index (Phi) is 3.05. The van der Waals surface area contributed by atoms with Crippen molar-refractivity contribution in [1.29, 1.82) is 0 Å². The molecule has 0 saturated heterocycles. The van der Waals surface area contributed by atoms with E-state index in [9.17, 15) is 4.79 Å². The van der Waals surface area contributed by atoms with E-state index in [0.717, 1.165) is 6.54 Å². The molecule has 0 atom stereocenters. The summed E-state index contributed by atoms with van der Waals surface area (Å²) < 4.78 is 1.81. The summed E-state index contributed by atoms with van der Waals surface area (Å²) >= 11 is 0. The van der Waals surface area contributed by atoms with Gasteiger partial charge < -0.3 is 4.98 Å². The van der Waals surface area contributed by atoms with E-state index in [0.29, 0.717) is 0 Å². The number of aromatic amines is 1. The van der Waals surface area contributed by atoms with E-state index in [4.69, 9.17) is 0 Å². The Bertz CT molecular complexity index is 600. The maximum absolute atomic E-state index is 11.7. The van der Waals surface area contributed by atoms with Gasteiger partial charge in [-0.2, -0.15) is 0 Å². The van der Waals surface area contributed by atoms with Gasteiger partial charge in [0.2, 0.25) is 0 Å². The van der Waals surface area contributed by atoms with Crippen molar-refractivity contribution in [2.45, 2.75) is 44.6 Å². The summed E-state index contributed by atoms with van der Waals surface area (Å²) in [5, 5.41) is 0. The summed E-state index contributed by atoms with van der Waals surface area (Å²) in [5.74, 6) is 0. The van der Waals surface area contributed by atoms with Crippen molar-refractivity contribution in [1.82, 2.24) is 9.55 Å². The molecule has 1 aliphatic carbocycles. The number of imidazole rings is 1. The fourth-order valence-electron chi connectivity index (χ4n) is 3.30. The van der Waals surface area contributed by atoms with Crippen molar-refractivity contribution in [2.24, 2.45) is 0 Å². The molecule has 1 N–H and O–H groups in total. The highest BCUT2D eigenvalue weighted by molar-refractivity contribution is 5.29. The number of aromatic nitrogens is 2. The Morgan fingerprint density at radius 1 is 1.21 bits per heavy atom. The number of benzene rings is 1. The first-order chi connectivity index (χ1) is 9.20. The van der Waals surface area contributed by atoms with Gasteiger partial charge in [0.25, 0.3) is 0 Å². The highest BCUT2D eigenvalue weighted by Gasteiger charge is 2.36. The molecule has 3 heteroatoms. The van der Waals surface area contributed by atoms with Crippen LogP contribution >= 0.6 is 0 Å². The average Bonchev–Trinajstić information content (AvgIpc) is 3.02. The lowest BCUT2D eigenvalue weighted by atomic mass is 9.78. The number of hydrogen-bond donors (Lipinski definition) is 1. The van der Waals surface area contributed by atoms with Gasteiger partial charge in [0.15, 0.2) is 0 Å². The minimum Gasteiger partial charge on any atom is -0.313 e. The van der Waals surface area contributed by atoms with E-state index < -0.39 is 0 Å². The smallest absolute Gasteiger partial charge is 0.313 e. The first-order valence-electron chi connectivity index (χ1n) is 7.01. The van der Waals surface area contributed by atoms with E-state index in [2.05, 4.69) is 36.2 Å². The lowest BCUT2D eigenvalue weighted by Gasteiger charge is -2.30.